The molecule has 0 aliphatic carbocycles. The third kappa shape index (κ3) is 3.74. The second kappa shape index (κ2) is 8.48. The number of nitrogens with zero attached hydrogens (tertiary/aromatic N) is 1. The van der Waals surface area contributed by atoms with E-state index in [-0.39, 0.29) is 28.1 Å². The second-order valence-corrected chi connectivity index (χ2v) is 8.07. The highest BCUT2D eigenvalue weighted by molar-refractivity contribution is 6.35. The fraction of sp³-hybridized carbons (Fsp3) is 0. The van der Waals surface area contributed by atoms with Crippen LogP contribution >= 0.6 is 0 Å². The fourth-order valence-electron chi connectivity index (χ4n) is 4.18. The molecule has 1 aliphatic rings. The summed E-state index contributed by atoms with van der Waals surface area (Å²) in [6.07, 6.45) is 0. The summed E-state index contributed by atoms with van der Waals surface area (Å²) in [5.41, 5.74) is 0.627. The molecule has 3 amide bonds. The van der Waals surface area contributed by atoms with E-state index in [1.165, 1.54) is 24.3 Å². The molecule has 36 heavy (non-hydrogen) atoms. The smallest absolute Gasteiger partial charge is 0.335 e. The SMILES string of the molecule is O=C(O)c1cc(NC(=O)c2ccc(N3C(=O)c4cccc5cccc(c45)C3=O)cc2)cc(C(=O)O)c1. The van der Waals surface area contributed by atoms with Gasteiger partial charge in [0.15, 0.2) is 0 Å². The molecule has 0 radical (unpaired) electrons. The van der Waals surface area contributed by atoms with Gasteiger partial charge < -0.3 is 15.5 Å². The zero-order valence-corrected chi connectivity index (χ0v) is 18.4. The lowest BCUT2D eigenvalue weighted by molar-refractivity contribution is 0.0695. The number of carboxylic acid groups (broad SMARTS) is 2. The van der Waals surface area contributed by atoms with Gasteiger partial charge in [0.2, 0.25) is 0 Å². The van der Waals surface area contributed by atoms with Crippen molar-refractivity contribution in [1.29, 1.82) is 0 Å². The summed E-state index contributed by atoms with van der Waals surface area (Å²) in [7, 11) is 0. The molecule has 0 aromatic heterocycles. The molecule has 0 unspecified atom stereocenters. The topological polar surface area (TPSA) is 141 Å². The Bertz CT molecular complexity index is 1540. The number of rotatable bonds is 5. The van der Waals surface area contributed by atoms with Gasteiger partial charge in [0, 0.05) is 27.8 Å². The van der Waals surface area contributed by atoms with Gasteiger partial charge in [-0.1, -0.05) is 24.3 Å². The molecule has 9 nitrogen and oxygen atoms in total. The van der Waals surface area contributed by atoms with E-state index < -0.39 is 29.7 Å². The Kier molecular flexibility index (Phi) is 5.29. The predicted octanol–water partition coefficient (Wildman–Crippen LogP) is 4.29. The van der Waals surface area contributed by atoms with Crippen LogP contribution in [0.15, 0.2) is 78.9 Å². The van der Waals surface area contributed by atoms with Crippen molar-refractivity contribution in [2.45, 2.75) is 0 Å². The summed E-state index contributed by atoms with van der Waals surface area (Å²) in [5.74, 6) is -4.27. The van der Waals surface area contributed by atoms with Crippen molar-refractivity contribution in [3.63, 3.8) is 0 Å². The van der Waals surface area contributed by atoms with E-state index in [1.807, 2.05) is 12.1 Å². The van der Waals surface area contributed by atoms with Crippen LogP contribution in [0.1, 0.15) is 51.8 Å². The number of hydrogen-bond donors (Lipinski definition) is 3. The van der Waals surface area contributed by atoms with E-state index in [0.717, 1.165) is 28.5 Å². The van der Waals surface area contributed by atoms with Crippen LogP contribution < -0.4 is 10.2 Å². The summed E-state index contributed by atoms with van der Waals surface area (Å²) >= 11 is 0. The Morgan fingerprint density at radius 2 is 1.19 bits per heavy atom. The molecule has 4 aromatic rings. The molecule has 1 heterocycles. The summed E-state index contributed by atoms with van der Waals surface area (Å²) in [5, 5.41) is 22.3. The van der Waals surface area contributed by atoms with Crippen LogP contribution in [0, 0.1) is 0 Å². The molecule has 0 bridgehead atoms. The molecule has 9 heteroatoms. The van der Waals surface area contributed by atoms with Crippen LogP contribution in [0.25, 0.3) is 10.8 Å². The Labute approximate surface area is 203 Å². The van der Waals surface area contributed by atoms with Crippen molar-refractivity contribution in [1.82, 2.24) is 0 Å². The van der Waals surface area contributed by atoms with Crippen LogP contribution in [0.3, 0.4) is 0 Å². The van der Waals surface area contributed by atoms with E-state index in [2.05, 4.69) is 5.32 Å². The Balaban J connectivity index is 1.43. The summed E-state index contributed by atoms with van der Waals surface area (Å²) in [4.78, 5) is 62.7. The minimum Gasteiger partial charge on any atom is -0.478 e. The molecule has 0 fully saturated rings. The molecule has 0 atom stereocenters. The third-order valence-electron chi connectivity index (χ3n) is 5.84. The van der Waals surface area contributed by atoms with E-state index in [9.17, 15) is 34.2 Å². The van der Waals surface area contributed by atoms with E-state index >= 15 is 0 Å². The van der Waals surface area contributed by atoms with Gasteiger partial charge in [-0.25, -0.2) is 14.5 Å². The maximum Gasteiger partial charge on any atom is 0.335 e. The number of carbonyl (C=O) groups excluding carboxylic acids is 3. The monoisotopic (exact) mass is 480 g/mol. The standard InChI is InChI=1S/C27H16N2O7/c30-23(28-18-12-16(26(33)34)11-17(13-18)27(35)36)15-7-9-19(10-8-15)29-24(31)20-5-1-3-14-4-2-6-21(22(14)20)25(29)32/h1-13H,(H,28,30)(H,33,34)(H,35,36). The molecular weight excluding hydrogens is 464 g/mol. The lowest BCUT2D eigenvalue weighted by atomic mass is 9.93. The van der Waals surface area contributed by atoms with Crippen molar-refractivity contribution in [3.05, 3.63) is 107 Å². The highest BCUT2D eigenvalue weighted by atomic mass is 16.4. The number of nitrogens with one attached hydrogen (secondary N) is 1. The van der Waals surface area contributed by atoms with Crippen molar-refractivity contribution < 1.29 is 34.2 Å². The number of imide groups is 1. The minimum absolute atomic E-state index is 0.00698. The fourth-order valence-corrected chi connectivity index (χ4v) is 4.18. The maximum atomic E-state index is 13.2. The molecule has 3 N–H and O–H groups in total. The highest BCUT2D eigenvalue weighted by Gasteiger charge is 2.33. The molecule has 0 spiro atoms. The van der Waals surface area contributed by atoms with Crippen LogP contribution in [0.5, 0.6) is 0 Å². The Hall–Kier alpha value is -5.31. The highest BCUT2D eigenvalue weighted by Crippen LogP contribution is 2.32. The van der Waals surface area contributed by atoms with Crippen molar-refractivity contribution in [2.24, 2.45) is 0 Å². The zero-order valence-electron chi connectivity index (χ0n) is 18.4. The number of hydrogen-bond acceptors (Lipinski definition) is 5. The van der Waals surface area contributed by atoms with Gasteiger partial charge in [-0.2, -0.15) is 0 Å². The normalized spacial score (nSPS) is 12.5. The van der Waals surface area contributed by atoms with Crippen molar-refractivity contribution >= 4 is 51.8 Å². The quantitative estimate of drug-likeness (QED) is 0.362. The maximum absolute atomic E-state index is 13.2. The number of amides is 3. The molecular formula is C27H16N2O7. The van der Waals surface area contributed by atoms with Gasteiger partial charge in [0.05, 0.1) is 16.8 Å². The largest absolute Gasteiger partial charge is 0.478 e. The van der Waals surface area contributed by atoms with Crippen LogP contribution in [-0.4, -0.2) is 39.9 Å². The number of aromatic carboxylic acids is 2. The van der Waals surface area contributed by atoms with E-state index in [1.54, 1.807) is 24.3 Å². The van der Waals surface area contributed by atoms with Gasteiger partial charge in [0.25, 0.3) is 17.7 Å². The van der Waals surface area contributed by atoms with Crippen molar-refractivity contribution in [3.8, 4) is 0 Å². The Morgan fingerprint density at radius 1 is 0.667 bits per heavy atom. The average Bonchev–Trinajstić information content (AvgIpc) is 2.87. The first-order chi connectivity index (χ1) is 17.2. The lowest BCUT2D eigenvalue weighted by Crippen LogP contribution is -2.40. The number of anilines is 2. The number of carbonyl (C=O) groups is 5. The van der Waals surface area contributed by atoms with Crippen LogP contribution in [-0.2, 0) is 0 Å². The number of benzene rings is 4. The van der Waals surface area contributed by atoms with Crippen molar-refractivity contribution in [2.75, 3.05) is 10.2 Å². The third-order valence-corrected chi connectivity index (χ3v) is 5.84. The minimum atomic E-state index is -1.34. The first-order valence-electron chi connectivity index (χ1n) is 10.7. The molecule has 4 aromatic carbocycles. The summed E-state index contributed by atoms with van der Waals surface area (Å²) < 4.78 is 0. The predicted molar refractivity (Wildman–Crippen MR) is 130 cm³/mol. The average molecular weight is 480 g/mol. The Morgan fingerprint density at radius 3 is 1.69 bits per heavy atom. The molecule has 176 valence electrons. The van der Waals surface area contributed by atoms with Gasteiger partial charge in [-0.15, -0.1) is 0 Å². The van der Waals surface area contributed by atoms with Gasteiger partial charge in [-0.05, 0) is 60.0 Å². The molecule has 5 rings (SSSR count). The second-order valence-electron chi connectivity index (χ2n) is 8.07. The molecule has 0 saturated heterocycles. The van der Waals surface area contributed by atoms with Crippen LogP contribution in [0.2, 0.25) is 0 Å². The summed E-state index contributed by atoms with van der Waals surface area (Å²) in [6.45, 7) is 0. The first kappa shape index (κ1) is 22.5. The van der Waals surface area contributed by atoms with E-state index in [0.29, 0.717) is 16.5 Å². The summed E-state index contributed by atoms with van der Waals surface area (Å²) in [6, 6.07) is 19.5. The van der Waals surface area contributed by atoms with Gasteiger partial charge in [-0.3, -0.25) is 14.4 Å². The number of carboxylic acids is 2. The molecule has 0 saturated carbocycles. The molecule has 1 aliphatic heterocycles. The lowest BCUT2D eigenvalue weighted by Gasteiger charge is -2.27. The van der Waals surface area contributed by atoms with Gasteiger partial charge >= 0.3 is 11.9 Å². The van der Waals surface area contributed by atoms with Crippen LogP contribution in [0.4, 0.5) is 11.4 Å². The van der Waals surface area contributed by atoms with E-state index in [4.69, 9.17) is 0 Å². The zero-order chi connectivity index (χ0) is 25.6. The van der Waals surface area contributed by atoms with Gasteiger partial charge in [0.1, 0.15) is 0 Å². The first-order valence-corrected chi connectivity index (χ1v) is 10.7.